The highest BCUT2D eigenvalue weighted by Crippen LogP contribution is 2.36. The van der Waals surface area contributed by atoms with Crippen LogP contribution in [0.4, 0.5) is 4.39 Å². The van der Waals surface area contributed by atoms with Crippen LogP contribution in [0.5, 0.6) is 5.75 Å². The van der Waals surface area contributed by atoms with Crippen molar-refractivity contribution in [3.8, 4) is 16.9 Å². The normalized spacial score (nSPS) is 16.4. The molecule has 0 aliphatic carbocycles. The lowest BCUT2D eigenvalue weighted by molar-refractivity contribution is -0.154. The molecular weight excluding hydrogens is 323 g/mol. The molecule has 1 saturated heterocycles. The molecule has 1 heterocycles. The van der Waals surface area contributed by atoms with Gasteiger partial charge in [0.1, 0.15) is 11.6 Å². The molecule has 0 spiro atoms. The van der Waals surface area contributed by atoms with Crippen molar-refractivity contribution < 1.29 is 23.8 Å². The van der Waals surface area contributed by atoms with Crippen LogP contribution in [0.2, 0.25) is 0 Å². The Morgan fingerprint density at radius 3 is 2.48 bits per heavy atom. The number of carboxylic acids is 1. The summed E-state index contributed by atoms with van der Waals surface area (Å²) in [4.78, 5) is 11.8. The van der Waals surface area contributed by atoms with Gasteiger partial charge in [0.25, 0.3) is 0 Å². The van der Waals surface area contributed by atoms with Crippen molar-refractivity contribution >= 4 is 5.97 Å². The number of aliphatic carboxylic acids is 1. The smallest absolute Gasteiger partial charge is 0.310 e. The van der Waals surface area contributed by atoms with Crippen LogP contribution in [-0.2, 0) is 16.0 Å². The molecule has 0 saturated carbocycles. The average molecular weight is 344 g/mol. The topological polar surface area (TPSA) is 55.8 Å². The maximum Gasteiger partial charge on any atom is 0.310 e. The standard InChI is InChI=1S/C20H21FO4/c1-24-18-7-6-16(21)12-17(18)15-4-2-14(3-5-15)13-20(19(22)23)8-10-25-11-9-20/h2-7,12H,8-11,13H2,1H3,(H,22,23). The van der Waals surface area contributed by atoms with E-state index in [1.54, 1.807) is 13.2 Å². The summed E-state index contributed by atoms with van der Waals surface area (Å²) in [5.74, 6) is -0.501. The summed E-state index contributed by atoms with van der Waals surface area (Å²) in [6.07, 6.45) is 1.50. The molecule has 0 atom stereocenters. The first-order chi connectivity index (χ1) is 12.0. The maximum atomic E-state index is 13.6. The predicted molar refractivity (Wildman–Crippen MR) is 92.2 cm³/mol. The zero-order valence-electron chi connectivity index (χ0n) is 14.1. The third-order valence-electron chi connectivity index (χ3n) is 4.87. The van der Waals surface area contributed by atoms with E-state index in [9.17, 15) is 14.3 Å². The lowest BCUT2D eigenvalue weighted by Crippen LogP contribution is -2.39. The molecule has 2 aromatic rings. The zero-order valence-corrected chi connectivity index (χ0v) is 14.1. The van der Waals surface area contributed by atoms with Crippen molar-refractivity contribution in [2.75, 3.05) is 20.3 Å². The molecule has 132 valence electrons. The average Bonchev–Trinajstić information content (AvgIpc) is 2.63. The number of halogens is 1. The molecule has 3 rings (SSSR count). The van der Waals surface area contributed by atoms with Gasteiger partial charge in [-0.2, -0.15) is 0 Å². The van der Waals surface area contributed by atoms with Crippen molar-refractivity contribution in [2.24, 2.45) is 5.41 Å². The number of methoxy groups -OCH3 is 1. The van der Waals surface area contributed by atoms with Gasteiger partial charge in [0.05, 0.1) is 12.5 Å². The van der Waals surface area contributed by atoms with Gasteiger partial charge in [-0.3, -0.25) is 4.79 Å². The summed E-state index contributed by atoms with van der Waals surface area (Å²) in [6.45, 7) is 0.954. The van der Waals surface area contributed by atoms with Crippen LogP contribution in [0.3, 0.4) is 0 Å². The summed E-state index contributed by atoms with van der Waals surface area (Å²) in [7, 11) is 1.55. The number of carboxylic acid groups (broad SMARTS) is 1. The van der Waals surface area contributed by atoms with Crippen molar-refractivity contribution in [3.63, 3.8) is 0 Å². The number of ether oxygens (including phenoxy) is 2. The first kappa shape index (κ1) is 17.4. The molecule has 0 amide bonds. The van der Waals surface area contributed by atoms with E-state index in [0.29, 0.717) is 43.8 Å². The van der Waals surface area contributed by atoms with Gasteiger partial charge in [-0.1, -0.05) is 24.3 Å². The van der Waals surface area contributed by atoms with E-state index in [2.05, 4.69) is 0 Å². The second kappa shape index (κ2) is 7.23. The fraction of sp³-hybridized carbons (Fsp3) is 0.350. The highest BCUT2D eigenvalue weighted by Gasteiger charge is 2.40. The van der Waals surface area contributed by atoms with Gasteiger partial charge in [-0.15, -0.1) is 0 Å². The molecule has 4 nitrogen and oxygen atoms in total. The number of rotatable bonds is 5. The molecule has 1 N–H and O–H groups in total. The summed E-state index contributed by atoms with van der Waals surface area (Å²) < 4.78 is 24.2. The van der Waals surface area contributed by atoms with Crippen LogP contribution in [0, 0.1) is 11.2 Å². The van der Waals surface area contributed by atoms with E-state index in [1.807, 2.05) is 24.3 Å². The number of carbonyl (C=O) groups is 1. The Labute approximate surface area is 146 Å². The fourth-order valence-electron chi connectivity index (χ4n) is 3.33. The molecule has 5 heteroatoms. The Bertz CT molecular complexity index is 749. The van der Waals surface area contributed by atoms with E-state index >= 15 is 0 Å². The summed E-state index contributed by atoms with van der Waals surface area (Å²) in [6, 6.07) is 12.0. The molecular formula is C20H21FO4. The predicted octanol–water partition coefficient (Wildman–Crippen LogP) is 3.93. The largest absolute Gasteiger partial charge is 0.496 e. The van der Waals surface area contributed by atoms with Gasteiger partial charge in [-0.25, -0.2) is 4.39 Å². The van der Waals surface area contributed by atoms with Crippen LogP contribution in [0.15, 0.2) is 42.5 Å². The Hall–Kier alpha value is -2.40. The maximum absolute atomic E-state index is 13.6. The first-order valence-corrected chi connectivity index (χ1v) is 8.28. The number of benzene rings is 2. The second-order valence-corrected chi connectivity index (χ2v) is 6.42. The van der Waals surface area contributed by atoms with Crippen LogP contribution >= 0.6 is 0 Å². The molecule has 0 radical (unpaired) electrons. The Morgan fingerprint density at radius 1 is 1.20 bits per heavy atom. The van der Waals surface area contributed by atoms with E-state index in [0.717, 1.165) is 11.1 Å². The molecule has 1 aliphatic rings. The molecule has 1 aliphatic heterocycles. The summed E-state index contributed by atoms with van der Waals surface area (Å²) >= 11 is 0. The Kier molecular flexibility index (Phi) is 5.04. The minimum Gasteiger partial charge on any atom is -0.496 e. The lowest BCUT2D eigenvalue weighted by atomic mass is 9.75. The molecule has 2 aromatic carbocycles. The Balaban J connectivity index is 1.85. The highest BCUT2D eigenvalue weighted by atomic mass is 19.1. The molecule has 0 unspecified atom stereocenters. The summed E-state index contributed by atoms with van der Waals surface area (Å²) in [5.41, 5.74) is 1.68. The van der Waals surface area contributed by atoms with Crippen LogP contribution < -0.4 is 4.74 Å². The van der Waals surface area contributed by atoms with Crippen LogP contribution in [0.25, 0.3) is 11.1 Å². The van der Waals surface area contributed by atoms with Gasteiger partial charge in [0.15, 0.2) is 0 Å². The van der Waals surface area contributed by atoms with E-state index in [4.69, 9.17) is 9.47 Å². The van der Waals surface area contributed by atoms with Crippen molar-refractivity contribution in [1.82, 2.24) is 0 Å². The van der Waals surface area contributed by atoms with Crippen molar-refractivity contribution in [1.29, 1.82) is 0 Å². The molecule has 1 fully saturated rings. The molecule has 0 aromatic heterocycles. The van der Waals surface area contributed by atoms with Crippen LogP contribution in [0.1, 0.15) is 18.4 Å². The van der Waals surface area contributed by atoms with E-state index in [1.165, 1.54) is 12.1 Å². The van der Waals surface area contributed by atoms with E-state index < -0.39 is 11.4 Å². The number of hydrogen-bond acceptors (Lipinski definition) is 3. The first-order valence-electron chi connectivity index (χ1n) is 8.28. The SMILES string of the molecule is COc1ccc(F)cc1-c1ccc(CC2(C(=O)O)CCOCC2)cc1. The van der Waals surface area contributed by atoms with Gasteiger partial charge >= 0.3 is 5.97 Å². The lowest BCUT2D eigenvalue weighted by Gasteiger charge is -2.33. The second-order valence-electron chi connectivity index (χ2n) is 6.42. The monoisotopic (exact) mass is 344 g/mol. The Morgan fingerprint density at radius 2 is 1.88 bits per heavy atom. The fourth-order valence-corrected chi connectivity index (χ4v) is 3.33. The van der Waals surface area contributed by atoms with Crippen molar-refractivity contribution in [2.45, 2.75) is 19.3 Å². The highest BCUT2D eigenvalue weighted by molar-refractivity contribution is 5.75. The summed E-state index contributed by atoms with van der Waals surface area (Å²) in [5, 5.41) is 9.67. The zero-order chi connectivity index (χ0) is 17.9. The molecule has 0 bridgehead atoms. The van der Waals surface area contributed by atoms with Crippen LogP contribution in [-0.4, -0.2) is 31.4 Å². The van der Waals surface area contributed by atoms with Crippen molar-refractivity contribution in [3.05, 3.63) is 53.8 Å². The third kappa shape index (κ3) is 3.66. The van der Waals surface area contributed by atoms with Gasteiger partial charge in [0, 0.05) is 18.8 Å². The minimum atomic E-state index is -0.772. The minimum absolute atomic E-state index is 0.327. The molecule has 25 heavy (non-hydrogen) atoms. The van der Waals surface area contributed by atoms with Gasteiger partial charge < -0.3 is 14.6 Å². The van der Waals surface area contributed by atoms with E-state index in [-0.39, 0.29) is 5.82 Å². The third-order valence-corrected chi connectivity index (χ3v) is 4.87. The van der Waals surface area contributed by atoms with Gasteiger partial charge in [0.2, 0.25) is 0 Å². The quantitative estimate of drug-likeness (QED) is 0.893. The number of hydrogen-bond donors (Lipinski definition) is 1. The van der Waals surface area contributed by atoms with Gasteiger partial charge in [-0.05, 0) is 48.6 Å².